The van der Waals surface area contributed by atoms with Gasteiger partial charge in [-0.25, -0.2) is 0 Å². The highest BCUT2D eigenvalue weighted by Gasteiger charge is 2.24. The van der Waals surface area contributed by atoms with E-state index in [1.54, 1.807) is 7.11 Å². The summed E-state index contributed by atoms with van der Waals surface area (Å²) in [6.45, 7) is 7.58. The van der Waals surface area contributed by atoms with E-state index in [2.05, 4.69) is 4.90 Å². The predicted molar refractivity (Wildman–Crippen MR) is 92.8 cm³/mol. The molecule has 5 nitrogen and oxygen atoms in total. The predicted octanol–water partition coefficient (Wildman–Crippen LogP) is 3.23. The summed E-state index contributed by atoms with van der Waals surface area (Å²) in [6.07, 6.45) is 2.49. The summed E-state index contributed by atoms with van der Waals surface area (Å²) in [5, 5.41) is 0. The average Bonchev–Trinajstić information content (AvgIpc) is 2.46. The molecule has 0 aromatic heterocycles. The standard InChI is InChI=1S/C18H28N2O3/c1-18(2,3)23-17(21)11-13-7-9-20(10-8-13)14-5-6-15(19)16(12-14)22-4/h5-6,12-13H,7-11,19H2,1-4H3. The van der Waals surface area contributed by atoms with Crippen LogP contribution in [-0.4, -0.2) is 31.8 Å². The van der Waals surface area contributed by atoms with Crippen LogP contribution < -0.4 is 15.4 Å². The molecule has 1 saturated heterocycles. The van der Waals surface area contributed by atoms with Crippen molar-refractivity contribution < 1.29 is 14.3 Å². The van der Waals surface area contributed by atoms with Crippen molar-refractivity contribution in [3.63, 3.8) is 0 Å². The van der Waals surface area contributed by atoms with E-state index in [0.29, 0.717) is 23.8 Å². The molecule has 0 bridgehead atoms. The first-order chi connectivity index (χ1) is 10.8. The molecule has 0 radical (unpaired) electrons. The number of methoxy groups -OCH3 is 1. The number of rotatable bonds is 4. The van der Waals surface area contributed by atoms with Crippen molar-refractivity contribution in [2.75, 3.05) is 30.8 Å². The number of piperidine rings is 1. The largest absolute Gasteiger partial charge is 0.495 e. The average molecular weight is 320 g/mol. The normalized spacial score (nSPS) is 16.3. The van der Waals surface area contributed by atoms with Crippen LogP contribution in [0.1, 0.15) is 40.0 Å². The zero-order chi connectivity index (χ0) is 17.0. The van der Waals surface area contributed by atoms with Gasteiger partial charge in [-0.3, -0.25) is 4.79 Å². The van der Waals surface area contributed by atoms with Gasteiger partial charge in [-0.15, -0.1) is 0 Å². The minimum atomic E-state index is -0.404. The molecule has 1 fully saturated rings. The SMILES string of the molecule is COc1cc(N2CCC(CC(=O)OC(C)(C)C)CC2)ccc1N. The first-order valence-electron chi connectivity index (χ1n) is 8.19. The highest BCUT2D eigenvalue weighted by molar-refractivity contribution is 5.70. The number of ether oxygens (including phenoxy) is 2. The fraction of sp³-hybridized carbons (Fsp3) is 0.611. The van der Waals surface area contributed by atoms with Crippen LogP contribution in [0.2, 0.25) is 0 Å². The number of carbonyl (C=O) groups excluding carboxylic acids is 1. The van der Waals surface area contributed by atoms with Crippen LogP contribution in [-0.2, 0) is 9.53 Å². The molecule has 0 amide bonds. The Morgan fingerprint density at radius 2 is 1.96 bits per heavy atom. The number of benzene rings is 1. The van der Waals surface area contributed by atoms with E-state index in [1.165, 1.54) is 0 Å². The summed E-state index contributed by atoms with van der Waals surface area (Å²) in [5.74, 6) is 1.01. The third kappa shape index (κ3) is 5.05. The smallest absolute Gasteiger partial charge is 0.306 e. The van der Waals surface area contributed by atoms with E-state index < -0.39 is 5.60 Å². The maximum absolute atomic E-state index is 11.9. The lowest BCUT2D eigenvalue weighted by Crippen LogP contribution is -2.35. The molecule has 0 atom stereocenters. The monoisotopic (exact) mass is 320 g/mol. The van der Waals surface area contributed by atoms with Crippen LogP contribution in [0.15, 0.2) is 18.2 Å². The van der Waals surface area contributed by atoms with Crippen LogP contribution >= 0.6 is 0 Å². The lowest BCUT2D eigenvalue weighted by atomic mass is 9.93. The highest BCUT2D eigenvalue weighted by atomic mass is 16.6. The minimum Gasteiger partial charge on any atom is -0.495 e. The van der Waals surface area contributed by atoms with E-state index in [9.17, 15) is 4.79 Å². The summed E-state index contributed by atoms with van der Waals surface area (Å²) < 4.78 is 10.7. The molecule has 1 aromatic rings. The Morgan fingerprint density at radius 1 is 1.30 bits per heavy atom. The molecule has 1 aromatic carbocycles. The second-order valence-electron chi connectivity index (χ2n) is 7.15. The Hall–Kier alpha value is -1.91. The number of hydrogen-bond donors (Lipinski definition) is 1. The van der Waals surface area contributed by atoms with Gasteiger partial charge in [0.2, 0.25) is 0 Å². The van der Waals surface area contributed by atoms with Crippen molar-refractivity contribution in [1.29, 1.82) is 0 Å². The van der Waals surface area contributed by atoms with Gasteiger partial charge in [0.1, 0.15) is 11.4 Å². The Balaban J connectivity index is 1.87. The van der Waals surface area contributed by atoms with Gasteiger partial charge >= 0.3 is 5.97 Å². The lowest BCUT2D eigenvalue weighted by Gasteiger charge is -2.34. The van der Waals surface area contributed by atoms with Gasteiger partial charge in [0.25, 0.3) is 0 Å². The van der Waals surface area contributed by atoms with Crippen LogP contribution in [0.4, 0.5) is 11.4 Å². The molecule has 2 rings (SSSR count). The van der Waals surface area contributed by atoms with Gasteiger partial charge in [0.15, 0.2) is 0 Å². The van der Waals surface area contributed by atoms with Gasteiger partial charge in [-0.05, 0) is 51.7 Å². The third-order valence-electron chi connectivity index (χ3n) is 4.07. The van der Waals surface area contributed by atoms with E-state index in [1.807, 2.05) is 39.0 Å². The molecular weight excluding hydrogens is 292 g/mol. The van der Waals surface area contributed by atoms with Crippen molar-refractivity contribution in [3.05, 3.63) is 18.2 Å². The molecule has 1 aliphatic rings. The Bertz CT molecular complexity index is 544. The fourth-order valence-corrected chi connectivity index (χ4v) is 2.91. The molecule has 23 heavy (non-hydrogen) atoms. The zero-order valence-electron chi connectivity index (χ0n) is 14.6. The minimum absolute atomic E-state index is 0.0925. The summed E-state index contributed by atoms with van der Waals surface area (Å²) in [4.78, 5) is 14.2. The summed E-state index contributed by atoms with van der Waals surface area (Å²) in [7, 11) is 1.63. The topological polar surface area (TPSA) is 64.8 Å². The number of nitrogen functional groups attached to an aromatic ring is 1. The van der Waals surface area contributed by atoms with Crippen molar-refractivity contribution in [3.8, 4) is 5.75 Å². The number of hydrogen-bond acceptors (Lipinski definition) is 5. The second-order valence-corrected chi connectivity index (χ2v) is 7.15. The number of carbonyl (C=O) groups is 1. The molecule has 0 spiro atoms. The Morgan fingerprint density at radius 3 is 2.52 bits per heavy atom. The Labute approximate surface area is 138 Å². The fourth-order valence-electron chi connectivity index (χ4n) is 2.91. The number of anilines is 2. The van der Waals surface area contributed by atoms with Gasteiger partial charge < -0.3 is 20.1 Å². The summed E-state index contributed by atoms with van der Waals surface area (Å²) in [6, 6.07) is 5.87. The number of nitrogens with zero attached hydrogens (tertiary/aromatic N) is 1. The van der Waals surface area contributed by atoms with Crippen molar-refractivity contribution in [1.82, 2.24) is 0 Å². The molecule has 128 valence electrons. The van der Waals surface area contributed by atoms with E-state index in [-0.39, 0.29) is 5.97 Å². The van der Waals surface area contributed by atoms with Crippen LogP contribution in [0.25, 0.3) is 0 Å². The zero-order valence-corrected chi connectivity index (χ0v) is 14.6. The molecule has 2 N–H and O–H groups in total. The van der Waals surface area contributed by atoms with Crippen LogP contribution in [0.5, 0.6) is 5.75 Å². The molecule has 1 heterocycles. The molecule has 5 heteroatoms. The van der Waals surface area contributed by atoms with Crippen molar-refractivity contribution in [2.45, 2.75) is 45.6 Å². The first kappa shape index (κ1) is 17.4. The number of esters is 1. The van der Waals surface area contributed by atoms with Gasteiger partial charge in [-0.1, -0.05) is 0 Å². The Kier molecular flexibility index (Phi) is 5.39. The number of nitrogens with two attached hydrogens (primary N) is 1. The van der Waals surface area contributed by atoms with Crippen molar-refractivity contribution in [2.24, 2.45) is 5.92 Å². The third-order valence-corrected chi connectivity index (χ3v) is 4.07. The lowest BCUT2D eigenvalue weighted by molar-refractivity contribution is -0.156. The molecule has 0 saturated carbocycles. The van der Waals surface area contributed by atoms with Crippen molar-refractivity contribution >= 4 is 17.3 Å². The van der Waals surface area contributed by atoms with E-state index in [4.69, 9.17) is 15.2 Å². The maximum Gasteiger partial charge on any atom is 0.306 e. The van der Waals surface area contributed by atoms with E-state index >= 15 is 0 Å². The van der Waals surface area contributed by atoms with E-state index in [0.717, 1.165) is 31.6 Å². The van der Waals surface area contributed by atoms with Gasteiger partial charge in [0.05, 0.1) is 12.8 Å². The highest BCUT2D eigenvalue weighted by Crippen LogP contribution is 2.31. The molecule has 0 unspecified atom stereocenters. The second kappa shape index (κ2) is 7.11. The maximum atomic E-state index is 11.9. The molecular formula is C18H28N2O3. The van der Waals surface area contributed by atoms with Gasteiger partial charge in [-0.2, -0.15) is 0 Å². The van der Waals surface area contributed by atoms with Crippen LogP contribution in [0, 0.1) is 5.92 Å². The van der Waals surface area contributed by atoms with Crippen LogP contribution in [0.3, 0.4) is 0 Å². The van der Waals surface area contributed by atoms with Gasteiger partial charge in [0, 0.05) is 31.3 Å². The molecule has 0 aliphatic carbocycles. The first-order valence-corrected chi connectivity index (χ1v) is 8.19. The molecule has 1 aliphatic heterocycles. The summed E-state index contributed by atoms with van der Waals surface area (Å²) >= 11 is 0. The summed E-state index contributed by atoms with van der Waals surface area (Å²) in [5.41, 5.74) is 7.22. The quantitative estimate of drug-likeness (QED) is 0.681.